The molecule has 0 aliphatic carbocycles. The molecular weight excluding hydrogens is 399 g/mol. The van der Waals surface area contributed by atoms with Crippen LogP contribution >= 0.6 is 11.8 Å². The minimum atomic E-state index is -1.33. The van der Waals surface area contributed by atoms with E-state index < -0.39 is 23.5 Å². The number of pyridine rings is 1. The van der Waals surface area contributed by atoms with Crippen LogP contribution in [0.25, 0.3) is 0 Å². The number of halogens is 1. The molecule has 10 heteroatoms. The second kappa shape index (κ2) is 7.80. The predicted octanol–water partition coefficient (Wildman–Crippen LogP) is 3.03. The molecule has 1 aromatic heterocycles. The minimum absolute atomic E-state index is 0.122. The molecule has 2 atom stereocenters. The molecule has 3 heterocycles. The molecule has 29 heavy (non-hydrogen) atoms. The number of amides is 2. The zero-order valence-electron chi connectivity index (χ0n) is 15.1. The van der Waals surface area contributed by atoms with Crippen molar-refractivity contribution in [2.24, 2.45) is 10.9 Å². The van der Waals surface area contributed by atoms with Gasteiger partial charge in [0.1, 0.15) is 11.5 Å². The SMILES string of the molecule is O=C(O)NC1=N[C@@]2(c3cc(NC(=O)c4ccccn4)ccc3F)OCC[C@H]2CS1. The average molecular weight is 416 g/mol. The Morgan fingerprint density at radius 1 is 1.28 bits per heavy atom. The van der Waals surface area contributed by atoms with Crippen LogP contribution < -0.4 is 10.6 Å². The van der Waals surface area contributed by atoms with Gasteiger partial charge in [0.15, 0.2) is 10.9 Å². The second-order valence-electron chi connectivity index (χ2n) is 6.55. The Morgan fingerprint density at radius 2 is 2.14 bits per heavy atom. The van der Waals surface area contributed by atoms with Crippen molar-refractivity contribution in [3.05, 3.63) is 59.7 Å². The van der Waals surface area contributed by atoms with Gasteiger partial charge in [-0.05, 0) is 36.8 Å². The fraction of sp³-hybridized carbons (Fsp3) is 0.263. The molecule has 0 unspecified atom stereocenters. The summed E-state index contributed by atoms with van der Waals surface area (Å²) >= 11 is 1.26. The molecule has 2 aliphatic rings. The van der Waals surface area contributed by atoms with Crippen molar-refractivity contribution < 1.29 is 23.8 Å². The number of carbonyl (C=O) groups is 2. The van der Waals surface area contributed by atoms with Gasteiger partial charge in [0, 0.05) is 29.1 Å². The Kier molecular flexibility index (Phi) is 5.20. The Bertz CT molecular complexity index is 987. The van der Waals surface area contributed by atoms with E-state index in [1.165, 1.54) is 36.2 Å². The number of aromatic nitrogens is 1. The number of benzene rings is 1. The molecule has 2 amide bonds. The van der Waals surface area contributed by atoms with Crippen molar-refractivity contribution >= 4 is 34.6 Å². The smallest absolute Gasteiger partial charge is 0.410 e. The molecule has 2 aromatic rings. The Labute approximate surface area is 169 Å². The molecule has 4 rings (SSSR count). The highest BCUT2D eigenvalue weighted by Gasteiger charge is 2.50. The van der Waals surface area contributed by atoms with Crippen molar-refractivity contribution in [3.63, 3.8) is 0 Å². The summed E-state index contributed by atoms with van der Waals surface area (Å²) < 4.78 is 20.7. The summed E-state index contributed by atoms with van der Waals surface area (Å²) in [6, 6.07) is 9.12. The van der Waals surface area contributed by atoms with E-state index >= 15 is 0 Å². The summed E-state index contributed by atoms with van der Waals surface area (Å²) in [4.78, 5) is 31.8. The van der Waals surface area contributed by atoms with Gasteiger partial charge >= 0.3 is 6.09 Å². The van der Waals surface area contributed by atoms with E-state index in [1.54, 1.807) is 18.2 Å². The molecule has 8 nitrogen and oxygen atoms in total. The zero-order chi connectivity index (χ0) is 20.4. The fourth-order valence-corrected chi connectivity index (χ4v) is 4.55. The van der Waals surface area contributed by atoms with Gasteiger partial charge in [0.25, 0.3) is 5.91 Å². The van der Waals surface area contributed by atoms with Gasteiger partial charge in [-0.2, -0.15) is 0 Å². The number of hydrogen-bond donors (Lipinski definition) is 3. The second-order valence-corrected chi connectivity index (χ2v) is 7.56. The van der Waals surface area contributed by atoms with Crippen molar-refractivity contribution in [2.75, 3.05) is 17.7 Å². The average Bonchev–Trinajstić information content (AvgIpc) is 3.13. The van der Waals surface area contributed by atoms with Gasteiger partial charge in [0.05, 0.1) is 6.61 Å². The highest BCUT2D eigenvalue weighted by Crippen LogP contribution is 2.48. The summed E-state index contributed by atoms with van der Waals surface area (Å²) in [5.74, 6) is -0.565. The lowest BCUT2D eigenvalue weighted by Gasteiger charge is -2.35. The lowest BCUT2D eigenvalue weighted by atomic mass is 9.89. The molecule has 1 fully saturated rings. The Hall–Kier alpha value is -2.98. The van der Waals surface area contributed by atoms with Crippen LogP contribution in [-0.2, 0) is 10.5 Å². The molecule has 0 radical (unpaired) electrons. The third-order valence-corrected chi connectivity index (χ3v) is 5.79. The number of carbonyl (C=O) groups excluding carboxylic acids is 1. The van der Waals surface area contributed by atoms with Crippen LogP contribution in [0.15, 0.2) is 47.6 Å². The van der Waals surface area contributed by atoms with Crippen LogP contribution in [0.2, 0.25) is 0 Å². The summed E-state index contributed by atoms with van der Waals surface area (Å²) in [5.41, 5.74) is -0.587. The Balaban J connectivity index is 1.69. The molecule has 0 saturated carbocycles. The van der Waals surface area contributed by atoms with E-state index in [0.717, 1.165) is 0 Å². The summed E-state index contributed by atoms with van der Waals surface area (Å²) in [5, 5.41) is 14.1. The molecule has 1 aromatic carbocycles. The zero-order valence-corrected chi connectivity index (χ0v) is 15.9. The number of anilines is 1. The van der Waals surface area contributed by atoms with Crippen LogP contribution in [0.1, 0.15) is 22.5 Å². The van der Waals surface area contributed by atoms with Crippen LogP contribution in [-0.4, -0.2) is 39.6 Å². The quantitative estimate of drug-likeness (QED) is 0.709. The number of rotatable bonds is 3. The first kappa shape index (κ1) is 19.3. The van der Waals surface area contributed by atoms with E-state index in [4.69, 9.17) is 9.84 Å². The highest BCUT2D eigenvalue weighted by atomic mass is 32.2. The highest BCUT2D eigenvalue weighted by molar-refractivity contribution is 8.13. The van der Waals surface area contributed by atoms with E-state index in [1.807, 2.05) is 0 Å². The number of nitrogens with zero attached hydrogens (tertiary/aromatic N) is 2. The number of nitrogens with one attached hydrogen (secondary N) is 2. The lowest BCUT2D eigenvalue weighted by molar-refractivity contribution is -0.0172. The molecule has 1 saturated heterocycles. The summed E-state index contributed by atoms with van der Waals surface area (Å²) in [6.07, 6.45) is 0.923. The van der Waals surface area contributed by atoms with Crippen LogP contribution in [0, 0.1) is 11.7 Å². The van der Waals surface area contributed by atoms with Gasteiger partial charge in [0.2, 0.25) is 0 Å². The first-order valence-electron chi connectivity index (χ1n) is 8.87. The number of aliphatic imine (C=N–C) groups is 1. The minimum Gasteiger partial charge on any atom is -0.465 e. The normalized spacial score (nSPS) is 23.1. The molecular formula is C19H17FN4O4S. The van der Waals surface area contributed by atoms with Gasteiger partial charge in [-0.1, -0.05) is 17.8 Å². The molecule has 150 valence electrons. The molecule has 2 aliphatic heterocycles. The van der Waals surface area contributed by atoms with E-state index in [-0.39, 0.29) is 22.3 Å². The van der Waals surface area contributed by atoms with Gasteiger partial charge in [-0.15, -0.1) is 0 Å². The van der Waals surface area contributed by atoms with E-state index in [2.05, 4.69) is 20.6 Å². The number of thioether (sulfide) groups is 1. The number of hydrogen-bond acceptors (Lipinski definition) is 6. The number of fused-ring (bicyclic) bond motifs is 1. The van der Waals surface area contributed by atoms with Crippen molar-refractivity contribution in [1.29, 1.82) is 0 Å². The van der Waals surface area contributed by atoms with Crippen LogP contribution in [0.3, 0.4) is 0 Å². The third-order valence-electron chi connectivity index (χ3n) is 4.75. The maximum Gasteiger partial charge on any atom is 0.410 e. The molecule has 0 spiro atoms. The van der Waals surface area contributed by atoms with Crippen molar-refractivity contribution in [1.82, 2.24) is 10.3 Å². The van der Waals surface area contributed by atoms with Crippen LogP contribution in [0.5, 0.6) is 0 Å². The van der Waals surface area contributed by atoms with Crippen molar-refractivity contribution in [3.8, 4) is 0 Å². The summed E-state index contributed by atoms with van der Waals surface area (Å²) in [7, 11) is 0. The van der Waals surface area contributed by atoms with E-state index in [0.29, 0.717) is 24.5 Å². The standard InChI is InChI=1S/C19H17FN4O4S/c20-14-5-4-12(22-16(25)15-3-1-2-7-21-15)9-13(14)19-11(6-8-28-19)10-29-17(24-19)23-18(26)27/h1-5,7,9,11H,6,8,10H2,(H,22,25)(H,23,24)(H,26,27)/t11-,19+/m0/s1. The van der Waals surface area contributed by atoms with Gasteiger partial charge in [-0.25, -0.2) is 14.2 Å². The van der Waals surface area contributed by atoms with Gasteiger partial charge < -0.3 is 15.2 Å². The third kappa shape index (κ3) is 3.81. The topological polar surface area (TPSA) is 113 Å². The van der Waals surface area contributed by atoms with E-state index in [9.17, 15) is 14.0 Å². The first-order chi connectivity index (χ1) is 14.0. The first-order valence-corrected chi connectivity index (χ1v) is 9.85. The molecule has 0 bridgehead atoms. The number of carboxylic acid groups (broad SMARTS) is 1. The summed E-state index contributed by atoms with van der Waals surface area (Å²) in [6.45, 7) is 0.374. The molecule has 3 N–H and O–H groups in total. The lowest BCUT2D eigenvalue weighted by Crippen LogP contribution is -2.41. The maximum absolute atomic E-state index is 14.8. The monoisotopic (exact) mass is 416 g/mol. The number of ether oxygens (including phenoxy) is 1. The van der Waals surface area contributed by atoms with Gasteiger partial charge in [-0.3, -0.25) is 15.1 Å². The Morgan fingerprint density at radius 3 is 2.90 bits per heavy atom. The van der Waals surface area contributed by atoms with Crippen LogP contribution in [0.4, 0.5) is 14.9 Å². The maximum atomic E-state index is 14.8. The fourth-order valence-electron chi connectivity index (χ4n) is 3.44. The number of amidine groups is 1. The predicted molar refractivity (Wildman–Crippen MR) is 105 cm³/mol. The largest absolute Gasteiger partial charge is 0.465 e. The van der Waals surface area contributed by atoms with Crippen molar-refractivity contribution in [2.45, 2.75) is 12.1 Å².